The Bertz CT molecular complexity index is 374. The van der Waals surface area contributed by atoms with Crippen molar-refractivity contribution in [3.8, 4) is 0 Å². The lowest BCUT2D eigenvalue weighted by Crippen LogP contribution is -2.38. The zero-order valence-corrected chi connectivity index (χ0v) is 12.5. The highest BCUT2D eigenvalue weighted by molar-refractivity contribution is 7.11. The first-order valence-electron chi connectivity index (χ1n) is 6.45. The van der Waals surface area contributed by atoms with E-state index in [0.29, 0.717) is 5.92 Å². The van der Waals surface area contributed by atoms with E-state index in [1.807, 2.05) is 0 Å². The average molecular weight is 269 g/mol. The van der Waals surface area contributed by atoms with Crippen molar-refractivity contribution >= 4 is 17.3 Å². The van der Waals surface area contributed by atoms with Crippen LogP contribution < -0.4 is 5.32 Å². The van der Waals surface area contributed by atoms with Crippen molar-refractivity contribution in [1.29, 1.82) is 0 Å². The Hall–Kier alpha value is -0.870. The summed E-state index contributed by atoms with van der Waals surface area (Å²) >= 11 is 1.80. The molecule has 1 rings (SSSR count). The first-order valence-corrected chi connectivity index (χ1v) is 7.27. The van der Waals surface area contributed by atoms with Gasteiger partial charge in [0.25, 0.3) is 0 Å². The Morgan fingerprint density at radius 3 is 2.56 bits per heavy atom. The van der Waals surface area contributed by atoms with Crippen molar-refractivity contribution in [3.63, 3.8) is 0 Å². The van der Waals surface area contributed by atoms with Gasteiger partial charge >= 0.3 is 5.97 Å². The van der Waals surface area contributed by atoms with Gasteiger partial charge in [0.2, 0.25) is 0 Å². The topological polar surface area (TPSA) is 38.3 Å². The van der Waals surface area contributed by atoms with Crippen LogP contribution in [0.25, 0.3) is 0 Å². The number of hydrogen-bond donors (Lipinski definition) is 1. The molecular formula is C14H23NO2S. The summed E-state index contributed by atoms with van der Waals surface area (Å²) in [7, 11) is 1.44. The number of carbonyl (C=O) groups excluding carboxylic acids is 1. The van der Waals surface area contributed by atoms with E-state index >= 15 is 0 Å². The molecule has 0 saturated carbocycles. The second kappa shape index (κ2) is 7.54. The van der Waals surface area contributed by atoms with Crippen molar-refractivity contribution in [2.75, 3.05) is 7.11 Å². The average Bonchev–Trinajstić information content (AvgIpc) is 2.81. The maximum atomic E-state index is 11.6. The van der Waals surface area contributed by atoms with Crippen molar-refractivity contribution in [1.82, 2.24) is 5.32 Å². The summed E-state index contributed by atoms with van der Waals surface area (Å²) < 4.78 is 4.83. The SMILES string of the molecule is CCc1ccc(CNC(CC(C)C)C(=O)OC)s1. The van der Waals surface area contributed by atoms with Crippen LogP contribution in [0.5, 0.6) is 0 Å². The first-order chi connectivity index (χ1) is 8.56. The molecule has 0 bridgehead atoms. The Labute approximate surface area is 114 Å². The number of nitrogens with one attached hydrogen (secondary N) is 1. The van der Waals surface area contributed by atoms with Crippen molar-refractivity contribution in [3.05, 3.63) is 21.9 Å². The van der Waals surface area contributed by atoms with Gasteiger partial charge in [0.15, 0.2) is 0 Å². The molecule has 0 aliphatic heterocycles. The molecule has 18 heavy (non-hydrogen) atoms. The van der Waals surface area contributed by atoms with Crippen molar-refractivity contribution in [2.24, 2.45) is 5.92 Å². The second-order valence-electron chi connectivity index (χ2n) is 4.81. The Morgan fingerprint density at radius 2 is 2.06 bits per heavy atom. The van der Waals surface area contributed by atoms with Gasteiger partial charge in [0.1, 0.15) is 6.04 Å². The van der Waals surface area contributed by atoms with Crippen LogP contribution >= 0.6 is 11.3 Å². The Balaban J connectivity index is 2.52. The molecule has 0 fully saturated rings. The van der Waals surface area contributed by atoms with Gasteiger partial charge in [0.05, 0.1) is 7.11 Å². The molecule has 0 amide bonds. The predicted octanol–water partition coefficient (Wildman–Crippen LogP) is 2.99. The van der Waals surface area contributed by atoms with Gasteiger partial charge in [-0.2, -0.15) is 0 Å². The van der Waals surface area contributed by atoms with Gasteiger partial charge in [-0.25, -0.2) is 0 Å². The van der Waals surface area contributed by atoms with Gasteiger partial charge in [0, 0.05) is 16.3 Å². The standard InChI is InChI=1S/C14H23NO2S/c1-5-11-6-7-12(18-11)9-15-13(8-10(2)3)14(16)17-4/h6-7,10,13,15H,5,8-9H2,1-4H3. The minimum absolute atomic E-state index is 0.170. The zero-order chi connectivity index (χ0) is 13.5. The number of ether oxygens (including phenoxy) is 1. The lowest BCUT2D eigenvalue weighted by atomic mass is 10.0. The number of methoxy groups -OCH3 is 1. The molecule has 4 heteroatoms. The van der Waals surface area contributed by atoms with E-state index in [1.54, 1.807) is 11.3 Å². The van der Waals surface area contributed by atoms with Gasteiger partial charge < -0.3 is 4.74 Å². The normalized spacial score (nSPS) is 12.7. The summed E-state index contributed by atoms with van der Waals surface area (Å²) in [6.45, 7) is 7.10. The fraction of sp³-hybridized carbons (Fsp3) is 0.643. The molecule has 3 nitrogen and oxygen atoms in total. The van der Waals surface area contributed by atoms with Crippen LogP contribution in [0.15, 0.2) is 12.1 Å². The molecule has 1 aromatic rings. The summed E-state index contributed by atoms with van der Waals surface area (Å²) in [6, 6.07) is 4.07. The largest absolute Gasteiger partial charge is 0.468 e. The molecule has 1 unspecified atom stereocenters. The van der Waals surface area contributed by atoms with E-state index in [4.69, 9.17) is 4.74 Å². The van der Waals surface area contributed by atoms with Crippen LogP contribution in [-0.4, -0.2) is 19.1 Å². The van der Waals surface area contributed by atoms with Gasteiger partial charge in [-0.05, 0) is 30.9 Å². The third-order valence-corrected chi connectivity index (χ3v) is 4.01. The molecule has 0 radical (unpaired) electrons. The van der Waals surface area contributed by atoms with Crippen LogP contribution in [0.1, 0.15) is 36.9 Å². The predicted molar refractivity (Wildman–Crippen MR) is 75.8 cm³/mol. The number of rotatable bonds is 7. The molecule has 1 N–H and O–H groups in total. The zero-order valence-electron chi connectivity index (χ0n) is 11.7. The van der Waals surface area contributed by atoms with Crippen LogP contribution in [0, 0.1) is 5.92 Å². The van der Waals surface area contributed by atoms with Gasteiger partial charge in [-0.3, -0.25) is 10.1 Å². The minimum Gasteiger partial charge on any atom is -0.468 e. The maximum absolute atomic E-state index is 11.6. The monoisotopic (exact) mass is 269 g/mol. The van der Waals surface area contributed by atoms with Gasteiger partial charge in [-0.15, -0.1) is 11.3 Å². The lowest BCUT2D eigenvalue weighted by molar-refractivity contribution is -0.143. The highest BCUT2D eigenvalue weighted by Gasteiger charge is 2.19. The molecule has 1 atom stereocenters. The molecule has 1 aromatic heterocycles. The molecule has 0 saturated heterocycles. The fourth-order valence-electron chi connectivity index (χ4n) is 1.81. The number of aryl methyl sites for hydroxylation is 1. The molecule has 0 aromatic carbocycles. The molecular weight excluding hydrogens is 246 g/mol. The fourth-order valence-corrected chi connectivity index (χ4v) is 2.72. The van der Waals surface area contributed by atoms with Crippen LogP contribution in [0.2, 0.25) is 0 Å². The highest BCUT2D eigenvalue weighted by atomic mass is 32.1. The smallest absolute Gasteiger partial charge is 0.322 e. The molecule has 102 valence electrons. The molecule has 0 aliphatic rings. The highest BCUT2D eigenvalue weighted by Crippen LogP contribution is 2.17. The Morgan fingerprint density at radius 1 is 1.39 bits per heavy atom. The van der Waals surface area contributed by atoms with E-state index in [9.17, 15) is 4.79 Å². The molecule has 1 heterocycles. The Kier molecular flexibility index (Phi) is 6.36. The number of carbonyl (C=O) groups is 1. The van der Waals surface area contributed by atoms with Crippen LogP contribution in [0.3, 0.4) is 0 Å². The first kappa shape index (κ1) is 15.2. The third kappa shape index (κ3) is 4.78. The van der Waals surface area contributed by atoms with E-state index < -0.39 is 0 Å². The summed E-state index contributed by atoms with van der Waals surface area (Å²) in [5.74, 6) is 0.298. The van der Waals surface area contributed by atoms with E-state index in [-0.39, 0.29) is 12.0 Å². The quantitative estimate of drug-likeness (QED) is 0.773. The summed E-state index contributed by atoms with van der Waals surface area (Å²) in [5.41, 5.74) is 0. The van der Waals surface area contributed by atoms with E-state index in [0.717, 1.165) is 19.4 Å². The summed E-state index contributed by atoms with van der Waals surface area (Å²) in [4.78, 5) is 14.3. The number of esters is 1. The van der Waals surface area contributed by atoms with E-state index in [2.05, 4.69) is 38.2 Å². The maximum Gasteiger partial charge on any atom is 0.322 e. The van der Waals surface area contributed by atoms with Crippen molar-refractivity contribution < 1.29 is 9.53 Å². The number of thiophene rings is 1. The van der Waals surface area contributed by atoms with Crippen LogP contribution in [0.4, 0.5) is 0 Å². The van der Waals surface area contributed by atoms with Crippen molar-refractivity contribution in [2.45, 2.75) is 46.2 Å². The van der Waals surface area contributed by atoms with Gasteiger partial charge in [-0.1, -0.05) is 20.8 Å². The minimum atomic E-state index is -0.206. The second-order valence-corrected chi connectivity index (χ2v) is 6.06. The number of hydrogen-bond acceptors (Lipinski definition) is 4. The third-order valence-electron chi connectivity index (χ3n) is 2.78. The van der Waals surface area contributed by atoms with Crippen LogP contribution in [-0.2, 0) is 22.5 Å². The summed E-state index contributed by atoms with van der Waals surface area (Å²) in [5, 5.41) is 3.29. The molecule has 0 spiro atoms. The van der Waals surface area contributed by atoms with E-state index in [1.165, 1.54) is 16.9 Å². The lowest BCUT2D eigenvalue weighted by Gasteiger charge is -2.17. The molecule has 0 aliphatic carbocycles. The summed E-state index contributed by atoms with van der Waals surface area (Å²) in [6.07, 6.45) is 1.87.